The summed E-state index contributed by atoms with van der Waals surface area (Å²) in [6.45, 7) is 2.03. The van der Waals surface area contributed by atoms with E-state index in [9.17, 15) is 9.18 Å². The number of fused-ring (bicyclic) bond motifs is 1. The van der Waals surface area contributed by atoms with Crippen molar-refractivity contribution in [3.8, 4) is 5.69 Å². The maximum Gasteiger partial charge on any atom is 0.166 e. The summed E-state index contributed by atoms with van der Waals surface area (Å²) in [4.78, 5) is 12.5. The number of hydrogen-bond donors (Lipinski definition) is 0. The van der Waals surface area contributed by atoms with Gasteiger partial charge in [0.2, 0.25) is 0 Å². The Kier molecular flexibility index (Phi) is 3.53. The Labute approximate surface area is 139 Å². The molecular weight excluding hydrogens is 303 g/mol. The summed E-state index contributed by atoms with van der Waals surface area (Å²) in [6.07, 6.45) is 2.83. The fraction of sp³-hybridized carbons (Fsp3) is 0.200. The van der Waals surface area contributed by atoms with Gasteiger partial charge in [-0.15, -0.1) is 0 Å². The van der Waals surface area contributed by atoms with Crippen molar-refractivity contribution in [3.63, 3.8) is 0 Å². The Hall–Kier alpha value is -2.75. The van der Waals surface area contributed by atoms with Crippen molar-refractivity contribution in [3.05, 3.63) is 82.9 Å². The zero-order chi connectivity index (χ0) is 16.7. The van der Waals surface area contributed by atoms with Crippen molar-refractivity contribution in [2.75, 3.05) is 0 Å². The predicted octanol–water partition coefficient (Wildman–Crippen LogP) is 4.23. The number of hydrogen-bond acceptors (Lipinski definition) is 2. The lowest BCUT2D eigenvalue weighted by atomic mass is 9.82. The first-order valence-electron chi connectivity index (χ1n) is 8.04. The van der Waals surface area contributed by atoms with Gasteiger partial charge in [-0.2, -0.15) is 5.10 Å². The molecule has 0 spiro atoms. The van der Waals surface area contributed by atoms with Crippen LogP contribution in [0.15, 0.2) is 54.7 Å². The van der Waals surface area contributed by atoms with Crippen LogP contribution in [0.2, 0.25) is 0 Å². The van der Waals surface area contributed by atoms with Crippen LogP contribution in [0.25, 0.3) is 5.69 Å². The standard InChI is InChI=1S/C20H17FN2O/c1-13-3-2-4-17(9-13)23-19-10-15(11-20(24)18(19)12-22-23)14-5-7-16(21)8-6-14/h2-9,12,15H,10-11H2,1H3/t15-/m0/s1. The summed E-state index contributed by atoms with van der Waals surface area (Å²) in [7, 11) is 0. The van der Waals surface area contributed by atoms with E-state index < -0.39 is 0 Å². The van der Waals surface area contributed by atoms with Crippen LogP contribution in [-0.4, -0.2) is 15.6 Å². The van der Waals surface area contributed by atoms with Gasteiger partial charge in [-0.05, 0) is 54.7 Å². The second kappa shape index (κ2) is 5.71. The van der Waals surface area contributed by atoms with Gasteiger partial charge in [-0.3, -0.25) is 4.79 Å². The van der Waals surface area contributed by atoms with Gasteiger partial charge >= 0.3 is 0 Å². The minimum absolute atomic E-state index is 0.0610. The fourth-order valence-corrected chi connectivity index (χ4v) is 3.40. The third-order valence-corrected chi connectivity index (χ3v) is 4.63. The van der Waals surface area contributed by atoms with E-state index in [2.05, 4.69) is 11.2 Å². The maximum atomic E-state index is 13.2. The van der Waals surface area contributed by atoms with Crippen molar-refractivity contribution in [1.29, 1.82) is 0 Å². The van der Waals surface area contributed by atoms with Crippen molar-refractivity contribution < 1.29 is 9.18 Å². The number of carbonyl (C=O) groups is 1. The summed E-state index contributed by atoms with van der Waals surface area (Å²) in [5.74, 6) is -0.0956. The first-order valence-corrected chi connectivity index (χ1v) is 8.04. The highest BCUT2D eigenvalue weighted by atomic mass is 19.1. The minimum Gasteiger partial charge on any atom is -0.294 e. The molecule has 1 aromatic heterocycles. The van der Waals surface area contributed by atoms with Crippen LogP contribution in [0, 0.1) is 12.7 Å². The number of rotatable bonds is 2. The number of carbonyl (C=O) groups excluding carboxylic acids is 1. The highest BCUT2D eigenvalue weighted by Crippen LogP contribution is 2.33. The van der Waals surface area contributed by atoms with Gasteiger partial charge in [-0.25, -0.2) is 9.07 Å². The first kappa shape index (κ1) is 14.8. The summed E-state index contributed by atoms with van der Waals surface area (Å²) in [5.41, 5.74) is 4.74. The van der Waals surface area contributed by atoms with E-state index in [1.54, 1.807) is 18.3 Å². The van der Waals surface area contributed by atoms with Crippen molar-refractivity contribution in [2.45, 2.75) is 25.7 Å². The second-order valence-electron chi connectivity index (χ2n) is 6.34. The SMILES string of the molecule is Cc1cccc(-n2ncc3c2C[C@H](c2ccc(F)cc2)CC3=O)c1. The van der Waals surface area contributed by atoms with Crippen molar-refractivity contribution >= 4 is 5.78 Å². The molecule has 2 aromatic carbocycles. The first-order chi connectivity index (χ1) is 11.6. The highest BCUT2D eigenvalue weighted by Gasteiger charge is 2.30. The molecule has 4 rings (SSSR count). The summed E-state index contributed by atoms with van der Waals surface area (Å²) >= 11 is 0. The van der Waals surface area contributed by atoms with Gasteiger partial charge in [0, 0.05) is 6.42 Å². The number of aromatic nitrogens is 2. The Bertz CT molecular complexity index is 912. The monoisotopic (exact) mass is 320 g/mol. The minimum atomic E-state index is -0.258. The molecule has 3 nitrogen and oxygen atoms in total. The maximum absolute atomic E-state index is 13.2. The largest absolute Gasteiger partial charge is 0.294 e. The second-order valence-corrected chi connectivity index (χ2v) is 6.34. The smallest absolute Gasteiger partial charge is 0.166 e. The van der Waals surface area contributed by atoms with Crippen LogP contribution < -0.4 is 0 Å². The molecule has 0 radical (unpaired) electrons. The predicted molar refractivity (Wildman–Crippen MR) is 90.1 cm³/mol. The molecule has 1 aliphatic carbocycles. The number of nitrogens with zero attached hydrogens (tertiary/aromatic N) is 2. The van der Waals surface area contributed by atoms with Crippen molar-refractivity contribution in [1.82, 2.24) is 9.78 Å². The molecule has 0 fully saturated rings. The van der Waals surface area contributed by atoms with Gasteiger partial charge in [0.1, 0.15) is 5.82 Å². The molecule has 1 atom stereocenters. The van der Waals surface area contributed by atoms with E-state index in [4.69, 9.17) is 0 Å². The molecule has 0 saturated heterocycles. The van der Waals surface area contributed by atoms with Crippen LogP contribution in [0.5, 0.6) is 0 Å². The molecule has 0 unspecified atom stereocenters. The molecule has 120 valence electrons. The molecule has 24 heavy (non-hydrogen) atoms. The number of aryl methyl sites for hydroxylation is 1. The van der Waals surface area contributed by atoms with Crippen LogP contribution >= 0.6 is 0 Å². The Morgan fingerprint density at radius 2 is 1.92 bits per heavy atom. The Morgan fingerprint density at radius 1 is 1.12 bits per heavy atom. The number of Topliss-reactive ketones (excluding diaryl/α,β-unsaturated/α-hetero) is 1. The van der Waals surface area contributed by atoms with Gasteiger partial charge < -0.3 is 0 Å². The topological polar surface area (TPSA) is 34.9 Å². The third kappa shape index (κ3) is 2.54. The molecule has 1 aliphatic rings. The Balaban J connectivity index is 1.75. The van der Waals surface area contributed by atoms with E-state index in [-0.39, 0.29) is 17.5 Å². The molecule has 4 heteroatoms. The zero-order valence-electron chi connectivity index (χ0n) is 13.4. The van der Waals surface area contributed by atoms with Gasteiger partial charge in [0.05, 0.1) is 23.1 Å². The summed E-state index contributed by atoms with van der Waals surface area (Å²) in [6, 6.07) is 14.5. The lowest BCUT2D eigenvalue weighted by Gasteiger charge is -2.23. The van der Waals surface area contributed by atoms with E-state index >= 15 is 0 Å². The average molecular weight is 320 g/mol. The molecule has 0 saturated carbocycles. The third-order valence-electron chi connectivity index (χ3n) is 4.63. The number of halogens is 1. The summed E-state index contributed by atoms with van der Waals surface area (Å²) < 4.78 is 15.0. The van der Waals surface area contributed by atoms with Crippen LogP contribution in [0.1, 0.15) is 39.5 Å². The lowest BCUT2D eigenvalue weighted by Crippen LogP contribution is -2.20. The van der Waals surface area contributed by atoms with Crippen molar-refractivity contribution in [2.24, 2.45) is 0 Å². The lowest BCUT2D eigenvalue weighted by molar-refractivity contribution is 0.0964. The van der Waals surface area contributed by atoms with Crippen LogP contribution in [0.3, 0.4) is 0 Å². The molecule has 0 aliphatic heterocycles. The van der Waals surface area contributed by atoms with E-state index in [0.29, 0.717) is 12.0 Å². The van der Waals surface area contributed by atoms with E-state index in [1.807, 2.05) is 29.8 Å². The normalized spacial score (nSPS) is 16.9. The number of ketones is 1. The molecule has 0 N–H and O–H groups in total. The molecule has 1 heterocycles. The Morgan fingerprint density at radius 3 is 2.67 bits per heavy atom. The fourth-order valence-electron chi connectivity index (χ4n) is 3.40. The average Bonchev–Trinajstić information content (AvgIpc) is 3.00. The van der Waals surface area contributed by atoms with Crippen LogP contribution in [-0.2, 0) is 6.42 Å². The summed E-state index contributed by atoms with van der Waals surface area (Å²) in [5, 5.41) is 4.44. The highest BCUT2D eigenvalue weighted by molar-refractivity contribution is 5.98. The quantitative estimate of drug-likeness (QED) is 0.708. The molecule has 0 amide bonds. The number of benzene rings is 2. The molecule has 0 bridgehead atoms. The molecular formula is C20H17FN2O. The van der Waals surface area contributed by atoms with Gasteiger partial charge in [0.15, 0.2) is 5.78 Å². The zero-order valence-corrected chi connectivity index (χ0v) is 13.4. The van der Waals surface area contributed by atoms with E-state index in [1.165, 1.54) is 12.1 Å². The molecule has 3 aromatic rings. The van der Waals surface area contributed by atoms with Crippen LogP contribution in [0.4, 0.5) is 4.39 Å². The van der Waals surface area contributed by atoms with Gasteiger partial charge in [-0.1, -0.05) is 24.3 Å². The van der Waals surface area contributed by atoms with Gasteiger partial charge in [0.25, 0.3) is 0 Å². The van der Waals surface area contributed by atoms with E-state index in [0.717, 1.165) is 28.9 Å².